The van der Waals surface area contributed by atoms with Crippen molar-refractivity contribution in [2.24, 2.45) is 5.41 Å². The van der Waals surface area contributed by atoms with Crippen molar-refractivity contribution in [2.75, 3.05) is 13.6 Å². The molecule has 0 aliphatic rings. The van der Waals surface area contributed by atoms with Crippen molar-refractivity contribution in [3.05, 3.63) is 0 Å². The lowest BCUT2D eigenvalue weighted by Crippen LogP contribution is -2.30. The summed E-state index contributed by atoms with van der Waals surface area (Å²) < 4.78 is 0. The number of unbranched alkanes of at least 4 members (excludes halogenated alkanes) is 5. The van der Waals surface area contributed by atoms with Crippen LogP contribution in [-0.2, 0) is 4.79 Å². The second-order valence-electron chi connectivity index (χ2n) is 6.32. The van der Waals surface area contributed by atoms with Gasteiger partial charge in [0.2, 0.25) is 5.91 Å². The number of carbonyl (C=O) groups excluding carboxylic acids is 1. The molecular formula is C15H31NO. The minimum Gasteiger partial charge on any atom is -0.346 e. The van der Waals surface area contributed by atoms with Crippen LogP contribution >= 0.6 is 0 Å². The highest BCUT2D eigenvalue weighted by molar-refractivity contribution is 5.76. The topological polar surface area (TPSA) is 20.3 Å². The van der Waals surface area contributed by atoms with Crippen LogP contribution in [0.25, 0.3) is 0 Å². The maximum absolute atomic E-state index is 11.9. The van der Waals surface area contributed by atoms with E-state index in [1.54, 1.807) is 0 Å². The molecule has 0 aliphatic heterocycles. The largest absolute Gasteiger partial charge is 0.346 e. The average Bonchev–Trinajstić information content (AvgIpc) is 2.20. The standard InChI is InChI=1S/C15H31NO/c1-6-7-8-9-10-11-12-16(5)14(17)13-15(2,3)4/h6-13H2,1-5H3. The third kappa shape index (κ3) is 10.3. The fraction of sp³-hybridized carbons (Fsp3) is 0.933. The Labute approximate surface area is 108 Å². The van der Waals surface area contributed by atoms with Crippen molar-refractivity contribution in [3.63, 3.8) is 0 Å². The predicted octanol–water partition coefficient (Wildman–Crippen LogP) is 4.24. The Morgan fingerprint density at radius 2 is 1.53 bits per heavy atom. The van der Waals surface area contributed by atoms with E-state index in [2.05, 4.69) is 27.7 Å². The van der Waals surface area contributed by atoms with Gasteiger partial charge in [-0.3, -0.25) is 4.79 Å². The van der Waals surface area contributed by atoms with Gasteiger partial charge in [-0.05, 0) is 11.8 Å². The highest BCUT2D eigenvalue weighted by atomic mass is 16.2. The normalized spacial score (nSPS) is 11.6. The van der Waals surface area contributed by atoms with Gasteiger partial charge in [-0.2, -0.15) is 0 Å². The molecule has 2 nitrogen and oxygen atoms in total. The molecule has 0 N–H and O–H groups in total. The molecule has 0 saturated carbocycles. The Hall–Kier alpha value is -0.530. The zero-order valence-corrected chi connectivity index (χ0v) is 12.5. The van der Waals surface area contributed by atoms with Crippen molar-refractivity contribution in [2.45, 2.75) is 72.6 Å². The zero-order valence-electron chi connectivity index (χ0n) is 12.5. The minimum absolute atomic E-state index is 0.104. The quantitative estimate of drug-likeness (QED) is 0.582. The lowest BCUT2D eigenvalue weighted by atomic mass is 9.91. The second kappa shape index (κ2) is 8.54. The van der Waals surface area contributed by atoms with E-state index in [1.165, 1.54) is 32.1 Å². The molecule has 17 heavy (non-hydrogen) atoms. The third-order valence-corrected chi connectivity index (χ3v) is 2.95. The number of hydrogen-bond acceptors (Lipinski definition) is 1. The maximum Gasteiger partial charge on any atom is 0.222 e. The Morgan fingerprint density at radius 1 is 1.00 bits per heavy atom. The van der Waals surface area contributed by atoms with Crippen molar-refractivity contribution in [1.82, 2.24) is 4.90 Å². The maximum atomic E-state index is 11.9. The molecule has 1 amide bonds. The fourth-order valence-corrected chi connectivity index (χ4v) is 1.84. The summed E-state index contributed by atoms with van der Waals surface area (Å²) in [5, 5.41) is 0. The van der Waals surface area contributed by atoms with E-state index in [0.717, 1.165) is 13.0 Å². The van der Waals surface area contributed by atoms with Gasteiger partial charge in [-0.25, -0.2) is 0 Å². The molecule has 0 spiro atoms. The van der Waals surface area contributed by atoms with Crippen LogP contribution in [-0.4, -0.2) is 24.4 Å². The average molecular weight is 241 g/mol. The van der Waals surface area contributed by atoms with Gasteiger partial charge < -0.3 is 4.90 Å². The molecule has 0 aromatic heterocycles. The van der Waals surface area contributed by atoms with Gasteiger partial charge in [-0.15, -0.1) is 0 Å². The van der Waals surface area contributed by atoms with Crippen LogP contribution in [0.1, 0.15) is 72.6 Å². The molecular weight excluding hydrogens is 210 g/mol. The highest BCUT2D eigenvalue weighted by Gasteiger charge is 2.18. The zero-order chi connectivity index (χ0) is 13.3. The van der Waals surface area contributed by atoms with E-state index in [1.807, 2.05) is 11.9 Å². The van der Waals surface area contributed by atoms with E-state index >= 15 is 0 Å². The first-order valence-electron chi connectivity index (χ1n) is 7.11. The van der Waals surface area contributed by atoms with Gasteiger partial charge in [-0.1, -0.05) is 59.8 Å². The van der Waals surface area contributed by atoms with E-state index in [-0.39, 0.29) is 11.3 Å². The number of carbonyl (C=O) groups is 1. The molecule has 0 heterocycles. The molecule has 0 atom stereocenters. The van der Waals surface area contributed by atoms with E-state index in [0.29, 0.717) is 6.42 Å². The lowest BCUT2D eigenvalue weighted by Gasteiger charge is -2.23. The first-order chi connectivity index (χ1) is 7.87. The van der Waals surface area contributed by atoms with Gasteiger partial charge >= 0.3 is 0 Å². The molecule has 0 aromatic carbocycles. The van der Waals surface area contributed by atoms with E-state index < -0.39 is 0 Å². The predicted molar refractivity (Wildman–Crippen MR) is 75.1 cm³/mol. The monoisotopic (exact) mass is 241 g/mol. The molecule has 0 aliphatic carbocycles. The van der Waals surface area contributed by atoms with Gasteiger partial charge in [0, 0.05) is 20.0 Å². The molecule has 102 valence electrons. The number of hydrogen-bond donors (Lipinski definition) is 0. The molecule has 2 heteroatoms. The van der Waals surface area contributed by atoms with Gasteiger partial charge in [0.1, 0.15) is 0 Å². The number of rotatable bonds is 8. The van der Waals surface area contributed by atoms with Crippen LogP contribution in [0.2, 0.25) is 0 Å². The molecule has 0 aromatic rings. The van der Waals surface area contributed by atoms with Crippen LogP contribution in [0.5, 0.6) is 0 Å². The molecule has 0 rings (SSSR count). The Bertz CT molecular complexity index is 205. The van der Waals surface area contributed by atoms with Crippen LogP contribution in [0.3, 0.4) is 0 Å². The SMILES string of the molecule is CCCCCCCCN(C)C(=O)CC(C)(C)C. The van der Waals surface area contributed by atoms with Crippen molar-refractivity contribution in [3.8, 4) is 0 Å². The van der Waals surface area contributed by atoms with Crippen molar-refractivity contribution >= 4 is 5.91 Å². The Morgan fingerprint density at radius 3 is 2.06 bits per heavy atom. The van der Waals surface area contributed by atoms with Crippen molar-refractivity contribution in [1.29, 1.82) is 0 Å². The highest BCUT2D eigenvalue weighted by Crippen LogP contribution is 2.19. The fourth-order valence-electron chi connectivity index (χ4n) is 1.84. The summed E-state index contributed by atoms with van der Waals surface area (Å²) in [6.45, 7) is 9.50. The van der Waals surface area contributed by atoms with Crippen LogP contribution in [0.15, 0.2) is 0 Å². The van der Waals surface area contributed by atoms with Crippen LogP contribution in [0.4, 0.5) is 0 Å². The number of nitrogens with zero attached hydrogens (tertiary/aromatic N) is 1. The summed E-state index contributed by atoms with van der Waals surface area (Å²) in [5.41, 5.74) is 0.104. The van der Waals surface area contributed by atoms with E-state index in [9.17, 15) is 4.79 Å². The Kier molecular flexibility index (Phi) is 8.28. The summed E-state index contributed by atoms with van der Waals surface area (Å²) in [4.78, 5) is 13.7. The van der Waals surface area contributed by atoms with Gasteiger partial charge in [0.05, 0.1) is 0 Å². The minimum atomic E-state index is 0.104. The third-order valence-electron chi connectivity index (χ3n) is 2.95. The summed E-state index contributed by atoms with van der Waals surface area (Å²) in [7, 11) is 1.93. The first-order valence-corrected chi connectivity index (χ1v) is 7.11. The molecule has 0 saturated heterocycles. The van der Waals surface area contributed by atoms with Crippen LogP contribution in [0, 0.1) is 5.41 Å². The van der Waals surface area contributed by atoms with E-state index in [4.69, 9.17) is 0 Å². The molecule has 0 unspecified atom stereocenters. The second-order valence-corrected chi connectivity index (χ2v) is 6.32. The molecule has 0 bridgehead atoms. The van der Waals surface area contributed by atoms with Crippen molar-refractivity contribution < 1.29 is 4.79 Å². The first kappa shape index (κ1) is 16.5. The summed E-state index contributed by atoms with van der Waals surface area (Å²) >= 11 is 0. The molecule has 0 radical (unpaired) electrons. The summed E-state index contributed by atoms with van der Waals surface area (Å²) in [6.07, 6.45) is 8.36. The molecule has 0 fully saturated rings. The Balaban J connectivity index is 3.58. The van der Waals surface area contributed by atoms with Gasteiger partial charge in [0.15, 0.2) is 0 Å². The van der Waals surface area contributed by atoms with Crippen LogP contribution < -0.4 is 0 Å². The smallest absolute Gasteiger partial charge is 0.222 e. The van der Waals surface area contributed by atoms with Gasteiger partial charge in [0.25, 0.3) is 0 Å². The number of amides is 1. The lowest BCUT2D eigenvalue weighted by molar-refractivity contribution is -0.131. The summed E-state index contributed by atoms with van der Waals surface area (Å²) in [5.74, 6) is 0.283. The summed E-state index contributed by atoms with van der Waals surface area (Å²) in [6, 6.07) is 0.